The summed E-state index contributed by atoms with van der Waals surface area (Å²) in [7, 11) is -3.89. The van der Waals surface area contributed by atoms with Crippen LogP contribution in [0.25, 0.3) is 0 Å². The summed E-state index contributed by atoms with van der Waals surface area (Å²) >= 11 is 6.34. The van der Waals surface area contributed by atoms with Gasteiger partial charge in [-0.25, -0.2) is 8.42 Å². The molecule has 1 aliphatic heterocycles. The van der Waals surface area contributed by atoms with Gasteiger partial charge in [0.05, 0.1) is 11.4 Å². The summed E-state index contributed by atoms with van der Waals surface area (Å²) in [5.41, 5.74) is 2.95. The Labute approximate surface area is 213 Å². The van der Waals surface area contributed by atoms with E-state index in [4.69, 9.17) is 11.6 Å². The van der Waals surface area contributed by atoms with E-state index in [1.807, 2.05) is 19.1 Å². The normalized spacial score (nSPS) is 14.9. The molecule has 184 valence electrons. The molecule has 0 N–H and O–H groups in total. The molecular formula is C28H31ClN2O3S. The van der Waals surface area contributed by atoms with Crippen LogP contribution >= 0.6 is 11.6 Å². The van der Waals surface area contributed by atoms with Crippen LogP contribution in [0.4, 0.5) is 0 Å². The highest BCUT2D eigenvalue weighted by Crippen LogP contribution is 2.25. The number of piperidine rings is 1. The zero-order valence-corrected chi connectivity index (χ0v) is 21.5. The van der Waals surface area contributed by atoms with Gasteiger partial charge in [0.25, 0.3) is 0 Å². The molecule has 0 atom stereocenters. The number of carbonyl (C=O) groups is 1. The molecule has 1 amide bonds. The third-order valence-electron chi connectivity index (χ3n) is 6.61. The molecule has 1 saturated heterocycles. The van der Waals surface area contributed by atoms with Gasteiger partial charge in [0, 0.05) is 24.7 Å². The van der Waals surface area contributed by atoms with Gasteiger partial charge in [0.15, 0.2) is 0 Å². The second-order valence-electron chi connectivity index (χ2n) is 9.19. The number of hydrogen-bond donors (Lipinski definition) is 0. The Morgan fingerprint density at radius 1 is 0.943 bits per heavy atom. The van der Waals surface area contributed by atoms with Crippen LogP contribution in [0.1, 0.15) is 29.5 Å². The molecule has 3 aromatic carbocycles. The van der Waals surface area contributed by atoms with Crippen LogP contribution < -0.4 is 0 Å². The van der Waals surface area contributed by atoms with Crippen molar-refractivity contribution in [3.63, 3.8) is 0 Å². The second kappa shape index (κ2) is 11.4. The van der Waals surface area contributed by atoms with Crippen molar-refractivity contribution in [1.82, 2.24) is 9.21 Å². The van der Waals surface area contributed by atoms with E-state index in [1.54, 1.807) is 47.4 Å². The summed E-state index contributed by atoms with van der Waals surface area (Å²) in [5, 5.41) is 0.478. The van der Waals surface area contributed by atoms with Crippen molar-refractivity contribution >= 4 is 27.5 Å². The molecule has 0 unspecified atom stereocenters. The number of benzene rings is 3. The summed E-state index contributed by atoms with van der Waals surface area (Å²) in [6, 6.07) is 24.2. The zero-order chi connectivity index (χ0) is 24.8. The van der Waals surface area contributed by atoms with Crippen molar-refractivity contribution < 1.29 is 13.2 Å². The number of amides is 1. The predicted molar refractivity (Wildman–Crippen MR) is 140 cm³/mol. The molecule has 0 bridgehead atoms. The third-order valence-corrected chi connectivity index (χ3v) is 8.78. The highest BCUT2D eigenvalue weighted by Gasteiger charge is 2.30. The van der Waals surface area contributed by atoms with Crippen LogP contribution in [0.15, 0.2) is 83.8 Å². The molecule has 1 fully saturated rings. The number of carbonyl (C=O) groups excluding carboxylic acids is 1. The Hall–Kier alpha value is -2.67. The van der Waals surface area contributed by atoms with E-state index in [9.17, 15) is 13.2 Å². The lowest BCUT2D eigenvalue weighted by Crippen LogP contribution is -2.45. The molecule has 0 saturated carbocycles. The molecule has 3 aromatic rings. The number of sulfonamides is 1. The topological polar surface area (TPSA) is 57.7 Å². The second-order valence-corrected chi connectivity index (χ2v) is 11.5. The minimum absolute atomic E-state index is 0.0338. The largest absolute Gasteiger partial charge is 0.342 e. The first kappa shape index (κ1) is 25.4. The van der Waals surface area contributed by atoms with Crippen LogP contribution in [0.2, 0.25) is 5.02 Å². The number of hydrogen-bond acceptors (Lipinski definition) is 3. The van der Waals surface area contributed by atoms with E-state index >= 15 is 0 Å². The molecule has 0 radical (unpaired) electrons. The van der Waals surface area contributed by atoms with Crippen LogP contribution in [0, 0.1) is 12.8 Å². The van der Waals surface area contributed by atoms with Crippen molar-refractivity contribution in [3.05, 3.63) is 101 Å². The lowest BCUT2D eigenvalue weighted by atomic mass is 9.90. The molecule has 1 aliphatic rings. The van der Waals surface area contributed by atoms with Gasteiger partial charge in [-0.1, -0.05) is 77.8 Å². The van der Waals surface area contributed by atoms with Crippen molar-refractivity contribution in [2.45, 2.75) is 37.6 Å². The quantitative estimate of drug-likeness (QED) is 0.412. The first-order chi connectivity index (χ1) is 16.8. The maximum atomic E-state index is 13.5. The summed E-state index contributed by atoms with van der Waals surface area (Å²) in [4.78, 5) is 15.2. The molecule has 0 aliphatic carbocycles. The Balaban J connectivity index is 1.47. The highest BCUT2D eigenvalue weighted by atomic mass is 35.5. The molecule has 0 aromatic heterocycles. The minimum atomic E-state index is -3.89. The summed E-state index contributed by atoms with van der Waals surface area (Å²) < 4.78 is 28.3. The van der Waals surface area contributed by atoms with E-state index in [2.05, 4.69) is 24.3 Å². The average molecular weight is 511 g/mol. The Kier molecular flexibility index (Phi) is 8.26. The zero-order valence-electron chi connectivity index (χ0n) is 19.9. The Bertz CT molecular complexity index is 1240. The van der Waals surface area contributed by atoms with Gasteiger partial charge in [-0.2, -0.15) is 4.31 Å². The maximum absolute atomic E-state index is 13.5. The van der Waals surface area contributed by atoms with Crippen molar-refractivity contribution in [2.75, 3.05) is 19.6 Å². The van der Waals surface area contributed by atoms with Crippen molar-refractivity contribution in [1.29, 1.82) is 0 Å². The predicted octanol–water partition coefficient (Wildman–Crippen LogP) is 5.32. The molecule has 4 rings (SSSR count). The van der Waals surface area contributed by atoms with E-state index in [0.717, 1.165) is 24.8 Å². The SMILES string of the molecule is Cc1ccc(S(=O)(=O)N(CC(=O)N2CCC(Cc3ccccc3)CC2)Cc2ccccc2Cl)cc1. The van der Waals surface area contributed by atoms with Gasteiger partial charge in [-0.15, -0.1) is 0 Å². The van der Waals surface area contributed by atoms with E-state index < -0.39 is 10.0 Å². The Morgan fingerprint density at radius 2 is 1.57 bits per heavy atom. The summed E-state index contributed by atoms with van der Waals surface area (Å²) in [6.45, 7) is 3.00. The number of rotatable bonds is 8. The van der Waals surface area contributed by atoms with E-state index in [-0.39, 0.29) is 23.9 Å². The Morgan fingerprint density at radius 3 is 2.23 bits per heavy atom. The monoisotopic (exact) mass is 510 g/mol. The van der Waals surface area contributed by atoms with Crippen molar-refractivity contribution in [3.8, 4) is 0 Å². The standard InChI is InChI=1S/C28H31ClN2O3S/c1-22-11-13-26(14-12-22)35(33,34)31(20-25-9-5-6-10-27(25)29)21-28(32)30-17-15-24(16-18-30)19-23-7-3-2-4-8-23/h2-14,24H,15-21H2,1H3. The van der Waals surface area contributed by atoms with Gasteiger partial charge in [-0.3, -0.25) is 4.79 Å². The van der Waals surface area contributed by atoms with Crippen LogP contribution in [-0.4, -0.2) is 43.2 Å². The number of halogens is 1. The minimum Gasteiger partial charge on any atom is -0.342 e. The first-order valence-corrected chi connectivity index (χ1v) is 13.8. The molecule has 7 heteroatoms. The molecule has 35 heavy (non-hydrogen) atoms. The van der Waals surface area contributed by atoms with Crippen LogP contribution in [0.3, 0.4) is 0 Å². The fourth-order valence-corrected chi connectivity index (χ4v) is 6.05. The maximum Gasteiger partial charge on any atom is 0.243 e. The van der Waals surface area contributed by atoms with Gasteiger partial charge in [0.1, 0.15) is 0 Å². The highest BCUT2D eigenvalue weighted by molar-refractivity contribution is 7.89. The van der Waals surface area contributed by atoms with Gasteiger partial charge in [-0.05, 0) is 61.4 Å². The van der Waals surface area contributed by atoms with E-state index in [0.29, 0.717) is 29.6 Å². The first-order valence-electron chi connectivity index (χ1n) is 11.9. The van der Waals surface area contributed by atoms with Crippen LogP contribution in [0.5, 0.6) is 0 Å². The molecule has 5 nitrogen and oxygen atoms in total. The average Bonchev–Trinajstić information content (AvgIpc) is 2.86. The van der Waals surface area contributed by atoms with Crippen LogP contribution in [-0.2, 0) is 27.8 Å². The number of nitrogens with zero attached hydrogens (tertiary/aromatic N) is 2. The summed E-state index contributed by atoms with van der Waals surface area (Å²) in [6.07, 6.45) is 2.83. The number of likely N-dealkylation sites (tertiary alicyclic amines) is 1. The summed E-state index contributed by atoms with van der Waals surface area (Å²) in [5.74, 6) is 0.350. The number of aryl methyl sites for hydroxylation is 1. The van der Waals surface area contributed by atoms with Gasteiger partial charge >= 0.3 is 0 Å². The van der Waals surface area contributed by atoms with Crippen molar-refractivity contribution in [2.24, 2.45) is 5.92 Å². The van der Waals surface area contributed by atoms with E-state index in [1.165, 1.54) is 9.87 Å². The van der Waals surface area contributed by atoms with Gasteiger partial charge in [0.2, 0.25) is 15.9 Å². The smallest absolute Gasteiger partial charge is 0.243 e. The fourth-order valence-electron chi connectivity index (χ4n) is 4.49. The molecule has 1 heterocycles. The fraction of sp³-hybridized carbons (Fsp3) is 0.321. The van der Waals surface area contributed by atoms with Gasteiger partial charge < -0.3 is 4.90 Å². The lowest BCUT2D eigenvalue weighted by Gasteiger charge is -2.33. The molecule has 0 spiro atoms. The molecular weight excluding hydrogens is 480 g/mol. The third kappa shape index (κ3) is 6.51. The lowest BCUT2D eigenvalue weighted by molar-refractivity contribution is -0.132.